The number of amides is 2. The molecule has 1 N–H and O–H groups in total. The molecule has 3 rings (SSSR count). The normalized spacial score (nSPS) is 21.4. The molecule has 1 aliphatic heterocycles. The SMILES string of the molecule is CC(C)(C)OC(=O)N1C[C@H](S(=O)(=O)c2ccc(OCC(F)(F)F)cc2Cl)C[C@H]1C(=O)NC1(C#N)CC1. The highest BCUT2D eigenvalue weighted by Crippen LogP contribution is 2.37. The Kier molecular flexibility index (Phi) is 7.45. The summed E-state index contributed by atoms with van der Waals surface area (Å²) < 4.78 is 73.9. The average Bonchev–Trinajstić information content (AvgIpc) is 3.35. The minimum absolute atomic E-state index is 0.276. The quantitative estimate of drug-likeness (QED) is 0.572. The van der Waals surface area contributed by atoms with E-state index in [1.165, 1.54) is 0 Å². The first-order chi connectivity index (χ1) is 16.5. The van der Waals surface area contributed by atoms with Crippen molar-refractivity contribution in [2.45, 2.75) is 73.5 Å². The van der Waals surface area contributed by atoms with E-state index in [2.05, 4.69) is 10.1 Å². The molecule has 2 atom stereocenters. The van der Waals surface area contributed by atoms with Gasteiger partial charge in [-0.15, -0.1) is 0 Å². The number of nitriles is 1. The summed E-state index contributed by atoms with van der Waals surface area (Å²) in [6, 6.07) is 3.79. The van der Waals surface area contributed by atoms with Gasteiger partial charge >= 0.3 is 12.3 Å². The van der Waals surface area contributed by atoms with Crippen LogP contribution in [0.3, 0.4) is 0 Å². The summed E-state index contributed by atoms with van der Waals surface area (Å²) >= 11 is 6.08. The second-order valence-electron chi connectivity index (χ2n) is 9.73. The molecule has 0 bridgehead atoms. The maximum absolute atomic E-state index is 13.4. The Morgan fingerprint density at radius 1 is 1.28 bits per heavy atom. The number of nitrogens with zero attached hydrogens (tertiary/aromatic N) is 2. The van der Waals surface area contributed by atoms with E-state index < -0.39 is 63.6 Å². The summed E-state index contributed by atoms with van der Waals surface area (Å²) in [5, 5.41) is 10.2. The van der Waals surface area contributed by atoms with Crippen LogP contribution in [0.15, 0.2) is 23.1 Å². The summed E-state index contributed by atoms with van der Waals surface area (Å²) in [4.78, 5) is 26.4. The lowest BCUT2D eigenvalue weighted by molar-refractivity contribution is -0.153. The number of ether oxygens (including phenoxy) is 2. The van der Waals surface area contributed by atoms with Gasteiger partial charge in [0.25, 0.3) is 0 Å². The van der Waals surface area contributed by atoms with Crippen LogP contribution in [-0.2, 0) is 19.4 Å². The Labute approximate surface area is 211 Å². The van der Waals surface area contributed by atoms with Gasteiger partial charge < -0.3 is 14.8 Å². The van der Waals surface area contributed by atoms with Crippen molar-refractivity contribution in [2.75, 3.05) is 13.2 Å². The third-order valence-electron chi connectivity index (χ3n) is 5.57. The Morgan fingerprint density at radius 3 is 2.42 bits per heavy atom. The molecular weight excluding hydrogens is 527 g/mol. The minimum atomic E-state index is -4.59. The predicted octanol–water partition coefficient (Wildman–Crippen LogP) is 3.61. The fourth-order valence-corrected chi connectivity index (χ4v) is 5.88. The van der Waals surface area contributed by atoms with E-state index in [4.69, 9.17) is 16.3 Å². The second kappa shape index (κ2) is 9.63. The van der Waals surface area contributed by atoms with Crippen LogP contribution in [0.5, 0.6) is 5.75 Å². The maximum atomic E-state index is 13.4. The van der Waals surface area contributed by atoms with Crippen molar-refractivity contribution >= 4 is 33.4 Å². The van der Waals surface area contributed by atoms with Crippen LogP contribution in [0.25, 0.3) is 0 Å². The van der Waals surface area contributed by atoms with Crippen LogP contribution >= 0.6 is 11.6 Å². The number of halogens is 4. The molecule has 1 aromatic rings. The predicted molar refractivity (Wildman–Crippen MR) is 121 cm³/mol. The number of benzene rings is 1. The van der Waals surface area contributed by atoms with Crippen LogP contribution in [0, 0.1) is 11.3 Å². The zero-order valence-electron chi connectivity index (χ0n) is 19.7. The number of carbonyl (C=O) groups is 2. The highest BCUT2D eigenvalue weighted by molar-refractivity contribution is 7.92. The molecule has 14 heteroatoms. The molecule has 36 heavy (non-hydrogen) atoms. The number of nitrogens with one attached hydrogen (secondary N) is 1. The first-order valence-electron chi connectivity index (χ1n) is 10.9. The lowest BCUT2D eigenvalue weighted by atomic mass is 10.2. The van der Waals surface area contributed by atoms with Crippen LogP contribution in [0.1, 0.15) is 40.0 Å². The van der Waals surface area contributed by atoms with Gasteiger partial charge in [-0.2, -0.15) is 18.4 Å². The number of hydrogen-bond donors (Lipinski definition) is 1. The zero-order chi connectivity index (χ0) is 27.1. The molecule has 2 aliphatic rings. The molecule has 0 spiro atoms. The van der Waals surface area contributed by atoms with Gasteiger partial charge in [0.05, 0.1) is 21.2 Å². The van der Waals surface area contributed by atoms with Gasteiger partial charge in [0.1, 0.15) is 22.9 Å². The number of hydrogen-bond acceptors (Lipinski definition) is 7. The third kappa shape index (κ3) is 6.53. The van der Waals surface area contributed by atoms with E-state index in [1.54, 1.807) is 20.8 Å². The molecule has 2 fully saturated rings. The van der Waals surface area contributed by atoms with Gasteiger partial charge in [-0.3, -0.25) is 9.69 Å². The molecule has 2 amide bonds. The van der Waals surface area contributed by atoms with Gasteiger partial charge in [0.15, 0.2) is 16.4 Å². The van der Waals surface area contributed by atoms with Crippen molar-refractivity contribution in [1.82, 2.24) is 10.2 Å². The molecule has 1 saturated heterocycles. The van der Waals surface area contributed by atoms with E-state index in [0.717, 1.165) is 23.1 Å². The summed E-state index contributed by atoms with van der Waals surface area (Å²) in [5.74, 6) is -0.957. The Morgan fingerprint density at radius 2 is 1.92 bits per heavy atom. The first kappa shape index (κ1) is 27.9. The Balaban J connectivity index is 1.85. The summed E-state index contributed by atoms with van der Waals surface area (Å²) in [6.07, 6.45) is -4.91. The topological polar surface area (TPSA) is 126 Å². The summed E-state index contributed by atoms with van der Waals surface area (Å²) in [6.45, 7) is 2.87. The monoisotopic (exact) mass is 551 g/mol. The number of alkyl halides is 3. The van der Waals surface area contributed by atoms with Gasteiger partial charge in [-0.25, -0.2) is 13.2 Å². The van der Waals surface area contributed by atoms with Gasteiger partial charge in [0.2, 0.25) is 5.91 Å². The van der Waals surface area contributed by atoms with E-state index in [1.807, 2.05) is 6.07 Å². The Bertz CT molecular complexity index is 1190. The largest absolute Gasteiger partial charge is 0.484 e. The number of carbonyl (C=O) groups excluding carboxylic acids is 2. The molecule has 1 heterocycles. The molecule has 1 saturated carbocycles. The molecule has 9 nitrogen and oxygen atoms in total. The highest BCUT2D eigenvalue weighted by atomic mass is 35.5. The first-order valence-corrected chi connectivity index (χ1v) is 12.8. The molecule has 0 unspecified atom stereocenters. The van der Waals surface area contributed by atoms with Crippen molar-refractivity contribution in [3.8, 4) is 11.8 Å². The standard InChI is InChI=1S/C22H25ClF3N3O6S/c1-20(2,3)35-19(31)29-10-14(9-16(29)18(30)28-21(11-27)6-7-21)36(32,33)17-5-4-13(8-15(17)23)34-12-22(24,25)26/h4-5,8,14,16H,6-7,9-10,12H2,1-3H3,(H,28,30)/t14-,16+/m1/s1. The van der Waals surface area contributed by atoms with Crippen molar-refractivity contribution in [3.05, 3.63) is 23.2 Å². The number of sulfone groups is 1. The second-order valence-corrected chi connectivity index (χ2v) is 12.3. The van der Waals surface area contributed by atoms with Crippen molar-refractivity contribution in [1.29, 1.82) is 5.26 Å². The lowest BCUT2D eigenvalue weighted by Gasteiger charge is -2.28. The average molecular weight is 552 g/mol. The Hall–Kier alpha value is -2.72. The molecule has 0 aromatic heterocycles. The smallest absolute Gasteiger partial charge is 0.422 e. The maximum Gasteiger partial charge on any atom is 0.422 e. The zero-order valence-corrected chi connectivity index (χ0v) is 21.3. The van der Waals surface area contributed by atoms with E-state index in [9.17, 15) is 36.4 Å². The molecule has 1 aromatic carbocycles. The van der Waals surface area contributed by atoms with Crippen LogP contribution in [0.4, 0.5) is 18.0 Å². The van der Waals surface area contributed by atoms with Crippen LogP contribution < -0.4 is 10.1 Å². The highest BCUT2D eigenvalue weighted by Gasteiger charge is 2.51. The lowest BCUT2D eigenvalue weighted by Crippen LogP contribution is -2.50. The number of likely N-dealkylation sites (tertiary alicyclic amines) is 1. The summed E-state index contributed by atoms with van der Waals surface area (Å²) in [7, 11) is -4.24. The van der Waals surface area contributed by atoms with Gasteiger partial charge in [-0.05, 0) is 52.2 Å². The fourth-order valence-electron chi connectivity index (χ4n) is 3.65. The van der Waals surface area contributed by atoms with E-state index in [-0.39, 0.29) is 22.1 Å². The molecule has 198 valence electrons. The van der Waals surface area contributed by atoms with Crippen molar-refractivity contribution in [3.63, 3.8) is 0 Å². The fraction of sp³-hybridized carbons (Fsp3) is 0.591. The third-order valence-corrected chi connectivity index (χ3v) is 8.18. The molecule has 1 aliphatic carbocycles. The number of rotatable bonds is 6. The van der Waals surface area contributed by atoms with Crippen molar-refractivity contribution in [2.24, 2.45) is 0 Å². The molecular formula is C22H25ClF3N3O6S. The van der Waals surface area contributed by atoms with Gasteiger partial charge in [-0.1, -0.05) is 11.6 Å². The van der Waals surface area contributed by atoms with Gasteiger partial charge in [0, 0.05) is 12.6 Å². The van der Waals surface area contributed by atoms with Crippen LogP contribution in [-0.4, -0.2) is 67.1 Å². The van der Waals surface area contributed by atoms with Crippen LogP contribution in [0.2, 0.25) is 5.02 Å². The van der Waals surface area contributed by atoms with Crippen molar-refractivity contribution < 1.29 is 40.7 Å². The van der Waals surface area contributed by atoms with E-state index in [0.29, 0.717) is 12.8 Å². The summed E-state index contributed by atoms with van der Waals surface area (Å²) in [5.41, 5.74) is -1.96. The van der Waals surface area contributed by atoms with E-state index >= 15 is 0 Å². The molecule has 0 radical (unpaired) electrons. The minimum Gasteiger partial charge on any atom is -0.484 e.